The van der Waals surface area contributed by atoms with Crippen LogP contribution in [-0.2, 0) is 23.6 Å². The summed E-state index contributed by atoms with van der Waals surface area (Å²) in [6.07, 6.45) is -3.76. The summed E-state index contributed by atoms with van der Waals surface area (Å²) < 4.78 is 69.2. The van der Waals surface area contributed by atoms with E-state index in [1.54, 1.807) is 30.3 Å². The van der Waals surface area contributed by atoms with Crippen LogP contribution in [0.25, 0.3) is 22.0 Å². The molecule has 1 heterocycles. The molecule has 0 saturated carbocycles. The fourth-order valence-corrected chi connectivity index (χ4v) is 3.08. The molecule has 1 aromatic heterocycles. The van der Waals surface area contributed by atoms with Crippen LogP contribution in [-0.4, -0.2) is 20.5 Å². The number of nitrogens with zero attached hydrogens (tertiary/aromatic N) is 1. The molecule has 2 aromatic carbocycles. The van der Waals surface area contributed by atoms with Gasteiger partial charge in [-0.15, -0.1) is 0 Å². The molecule has 0 fully saturated rings. The minimum absolute atomic E-state index is 0.0181. The number of aromatic nitrogens is 1. The van der Waals surface area contributed by atoms with E-state index in [1.165, 1.54) is 19.2 Å². The SMILES string of the molecule is COc1ccc2c(-c3ccc(CN[SH](=O)=O)cc3)c(C(F)(F)F)cnc2c1. The first kappa shape index (κ1) is 19.1. The van der Waals surface area contributed by atoms with Crippen LogP contribution in [0.15, 0.2) is 48.7 Å². The van der Waals surface area contributed by atoms with E-state index in [0.717, 1.165) is 6.20 Å². The first-order valence-corrected chi connectivity index (χ1v) is 8.98. The molecule has 9 heteroatoms. The maximum atomic E-state index is 13.6. The fourth-order valence-electron chi connectivity index (χ4n) is 2.77. The monoisotopic (exact) mass is 396 g/mol. The Labute approximate surface area is 154 Å². The maximum absolute atomic E-state index is 13.6. The minimum atomic E-state index is -4.57. The minimum Gasteiger partial charge on any atom is -0.497 e. The van der Waals surface area contributed by atoms with Gasteiger partial charge in [-0.25, -0.2) is 13.1 Å². The molecular formula is C18H15F3N2O3S. The highest BCUT2D eigenvalue weighted by Crippen LogP contribution is 2.41. The number of fused-ring (bicyclic) bond motifs is 1. The second-order valence-corrected chi connectivity index (χ2v) is 6.55. The van der Waals surface area contributed by atoms with Crippen molar-refractivity contribution in [1.29, 1.82) is 0 Å². The molecule has 0 amide bonds. The van der Waals surface area contributed by atoms with Crippen LogP contribution < -0.4 is 9.46 Å². The molecule has 0 aliphatic rings. The number of halogens is 3. The van der Waals surface area contributed by atoms with Crippen LogP contribution in [0.3, 0.4) is 0 Å². The van der Waals surface area contributed by atoms with E-state index in [1.807, 2.05) is 0 Å². The zero-order valence-electron chi connectivity index (χ0n) is 14.1. The average molecular weight is 396 g/mol. The Hall–Kier alpha value is -2.65. The number of methoxy groups -OCH3 is 1. The van der Waals surface area contributed by atoms with E-state index < -0.39 is 22.6 Å². The van der Waals surface area contributed by atoms with E-state index in [4.69, 9.17) is 4.74 Å². The van der Waals surface area contributed by atoms with Gasteiger partial charge in [-0.3, -0.25) is 4.98 Å². The van der Waals surface area contributed by atoms with Crippen molar-refractivity contribution in [2.45, 2.75) is 12.7 Å². The molecule has 142 valence electrons. The van der Waals surface area contributed by atoms with Gasteiger partial charge in [0.25, 0.3) is 0 Å². The Morgan fingerprint density at radius 3 is 2.41 bits per heavy atom. The van der Waals surface area contributed by atoms with Gasteiger partial charge in [0.2, 0.25) is 10.9 Å². The van der Waals surface area contributed by atoms with E-state index >= 15 is 0 Å². The van der Waals surface area contributed by atoms with Crippen LogP contribution in [0.5, 0.6) is 5.75 Å². The van der Waals surface area contributed by atoms with E-state index in [0.29, 0.717) is 27.8 Å². The molecule has 0 unspecified atom stereocenters. The maximum Gasteiger partial charge on any atom is 0.418 e. The van der Waals surface area contributed by atoms with Crippen LogP contribution in [0, 0.1) is 0 Å². The number of thiol groups is 1. The summed E-state index contributed by atoms with van der Waals surface area (Å²) in [5.74, 6) is 0.494. The first-order chi connectivity index (χ1) is 12.8. The third-order valence-electron chi connectivity index (χ3n) is 4.04. The van der Waals surface area contributed by atoms with Gasteiger partial charge in [0.15, 0.2) is 0 Å². The molecule has 0 aliphatic heterocycles. The first-order valence-electron chi connectivity index (χ1n) is 7.81. The molecule has 0 atom stereocenters. The van der Waals surface area contributed by atoms with Crippen molar-refractivity contribution in [2.24, 2.45) is 0 Å². The molecular weight excluding hydrogens is 381 g/mol. The highest BCUT2D eigenvalue weighted by Gasteiger charge is 2.35. The van der Waals surface area contributed by atoms with Gasteiger partial charge in [0.1, 0.15) is 5.75 Å². The molecule has 0 radical (unpaired) electrons. The largest absolute Gasteiger partial charge is 0.497 e. The highest BCUT2D eigenvalue weighted by molar-refractivity contribution is 7.70. The molecule has 5 nitrogen and oxygen atoms in total. The number of rotatable bonds is 5. The lowest BCUT2D eigenvalue weighted by Crippen LogP contribution is -2.10. The molecule has 3 rings (SSSR count). The highest BCUT2D eigenvalue weighted by atomic mass is 32.2. The number of alkyl halides is 3. The summed E-state index contributed by atoms with van der Waals surface area (Å²) in [6, 6.07) is 10.9. The van der Waals surface area contributed by atoms with Crippen LogP contribution in [0.1, 0.15) is 11.1 Å². The lowest BCUT2D eigenvalue weighted by molar-refractivity contribution is -0.137. The lowest BCUT2D eigenvalue weighted by Gasteiger charge is -2.16. The topological polar surface area (TPSA) is 68.3 Å². The summed E-state index contributed by atoms with van der Waals surface area (Å²) in [4.78, 5) is 3.93. The summed E-state index contributed by atoms with van der Waals surface area (Å²) in [6.45, 7) is 0.0689. The smallest absolute Gasteiger partial charge is 0.418 e. The zero-order chi connectivity index (χ0) is 19.6. The Balaban J connectivity index is 2.15. The van der Waals surface area contributed by atoms with Gasteiger partial charge in [0.05, 0.1) is 18.2 Å². The normalized spacial score (nSPS) is 11.9. The van der Waals surface area contributed by atoms with Gasteiger partial charge < -0.3 is 4.74 Å². The van der Waals surface area contributed by atoms with E-state index in [2.05, 4.69) is 9.71 Å². The van der Waals surface area contributed by atoms with Crippen molar-refractivity contribution >= 4 is 21.8 Å². The van der Waals surface area contributed by atoms with Crippen LogP contribution in [0.4, 0.5) is 13.2 Å². The number of ether oxygens (including phenoxy) is 1. The summed E-state index contributed by atoms with van der Waals surface area (Å²) in [7, 11) is -1.28. The van der Waals surface area contributed by atoms with Crippen LogP contribution in [0.2, 0.25) is 0 Å². The number of pyridine rings is 1. The Bertz CT molecular complexity index is 1040. The third kappa shape index (κ3) is 4.20. The molecule has 0 saturated heterocycles. The predicted molar refractivity (Wildman–Crippen MR) is 95.9 cm³/mol. The van der Waals surface area contributed by atoms with Crippen molar-refractivity contribution in [3.05, 3.63) is 59.8 Å². The number of hydrogen-bond donors (Lipinski definition) is 2. The Morgan fingerprint density at radius 1 is 1.11 bits per heavy atom. The number of benzene rings is 2. The van der Waals surface area contributed by atoms with Crippen molar-refractivity contribution < 1.29 is 26.3 Å². The third-order valence-corrected chi connectivity index (χ3v) is 4.45. The number of nitrogens with one attached hydrogen (secondary N) is 1. The van der Waals surface area contributed by atoms with E-state index in [9.17, 15) is 21.6 Å². The van der Waals surface area contributed by atoms with Crippen molar-refractivity contribution in [1.82, 2.24) is 9.71 Å². The Kier molecular flexibility index (Phi) is 5.33. The van der Waals surface area contributed by atoms with E-state index in [-0.39, 0.29) is 12.1 Å². The molecule has 3 aromatic rings. The Morgan fingerprint density at radius 2 is 1.81 bits per heavy atom. The van der Waals surface area contributed by atoms with Crippen LogP contribution >= 0.6 is 0 Å². The lowest BCUT2D eigenvalue weighted by atomic mass is 9.95. The predicted octanol–water partition coefficient (Wildman–Crippen LogP) is 3.55. The summed E-state index contributed by atoms with van der Waals surface area (Å²) >= 11 is 0. The molecule has 0 bridgehead atoms. The van der Waals surface area contributed by atoms with Gasteiger partial charge in [-0.1, -0.05) is 24.3 Å². The molecule has 27 heavy (non-hydrogen) atoms. The van der Waals surface area contributed by atoms with Crippen molar-refractivity contribution in [3.8, 4) is 16.9 Å². The molecule has 1 N–H and O–H groups in total. The molecule has 0 aliphatic carbocycles. The van der Waals surface area contributed by atoms with Crippen molar-refractivity contribution in [3.63, 3.8) is 0 Å². The van der Waals surface area contributed by atoms with Gasteiger partial charge >= 0.3 is 6.18 Å². The van der Waals surface area contributed by atoms with Gasteiger partial charge in [-0.2, -0.15) is 13.2 Å². The zero-order valence-corrected chi connectivity index (χ0v) is 15.0. The second kappa shape index (κ2) is 7.53. The summed E-state index contributed by atoms with van der Waals surface area (Å²) in [5, 5.41) is 0.346. The molecule has 0 spiro atoms. The number of hydrogen-bond acceptors (Lipinski definition) is 4. The summed E-state index contributed by atoms with van der Waals surface area (Å²) in [5.41, 5.74) is 0.548. The quantitative estimate of drug-likeness (QED) is 0.648. The van der Waals surface area contributed by atoms with Gasteiger partial charge in [-0.05, 0) is 23.3 Å². The second-order valence-electron chi connectivity index (χ2n) is 5.72. The fraction of sp³-hybridized carbons (Fsp3) is 0.167. The standard InChI is InChI=1S/C18H15F3N2O3S/c1-26-13-6-7-14-16(8-13)22-10-15(18(19,20)21)17(14)12-4-2-11(3-5-12)9-23-27(24)25/h2-8,10,27H,9H2,1H3,(H,23,24,25). The average Bonchev–Trinajstić information content (AvgIpc) is 2.64. The van der Waals surface area contributed by atoms with Crippen molar-refractivity contribution in [2.75, 3.05) is 7.11 Å². The van der Waals surface area contributed by atoms with Gasteiger partial charge in [0, 0.05) is 29.8 Å².